The Labute approximate surface area is 109 Å². The molecule has 0 fully saturated rings. The largest absolute Gasteiger partial charge is 0.748 e. The van der Waals surface area contributed by atoms with Crippen molar-refractivity contribution in [1.82, 2.24) is 9.47 Å². The molecule has 0 aliphatic heterocycles. The molecule has 0 aliphatic carbocycles. The summed E-state index contributed by atoms with van der Waals surface area (Å²) in [5.41, 5.74) is 1.87. The fourth-order valence-electron chi connectivity index (χ4n) is 1.37. The molecule has 0 radical (unpaired) electrons. The van der Waals surface area contributed by atoms with Crippen LogP contribution in [-0.2, 0) is 16.7 Å². The highest BCUT2D eigenvalue weighted by Crippen LogP contribution is 2.22. The first kappa shape index (κ1) is 13.1. The van der Waals surface area contributed by atoms with Gasteiger partial charge in [-0.15, -0.1) is 0 Å². The van der Waals surface area contributed by atoms with Crippen LogP contribution in [0, 0.1) is 6.92 Å². The SMILES string of the molecule is Cc1cc(-c2cc[n+](CCS(=O)(=O)[O-])nc2)sn1. The molecule has 2 aromatic heterocycles. The first-order valence-electron chi connectivity index (χ1n) is 5.17. The number of nitrogens with zero attached hydrogens (tertiary/aromatic N) is 3. The lowest BCUT2D eigenvalue weighted by Crippen LogP contribution is -2.40. The van der Waals surface area contributed by atoms with E-state index >= 15 is 0 Å². The molecule has 0 saturated carbocycles. The number of rotatable bonds is 4. The van der Waals surface area contributed by atoms with E-state index in [9.17, 15) is 13.0 Å². The highest BCUT2D eigenvalue weighted by Gasteiger charge is 2.08. The van der Waals surface area contributed by atoms with Gasteiger partial charge in [-0.2, -0.15) is 4.37 Å². The Hall–Kier alpha value is -1.38. The fourth-order valence-corrected chi connectivity index (χ4v) is 2.52. The smallest absolute Gasteiger partial charge is 0.197 e. The minimum Gasteiger partial charge on any atom is -0.748 e. The minimum atomic E-state index is -4.20. The molecular formula is C10H11N3O3S2. The van der Waals surface area contributed by atoms with E-state index in [2.05, 4.69) is 9.47 Å². The molecule has 0 atom stereocenters. The van der Waals surface area contributed by atoms with Gasteiger partial charge in [-0.1, -0.05) is 4.68 Å². The van der Waals surface area contributed by atoms with E-state index in [1.165, 1.54) is 16.2 Å². The molecule has 0 bridgehead atoms. The molecule has 0 unspecified atom stereocenters. The van der Waals surface area contributed by atoms with Crippen LogP contribution < -0.4 is 4.68 Å². The first-order chi connectivity index (χ1) is 8.44. The maximum absolute atomic E-state index is 10.5. The quantitative estimate of drug-likeness (QED) is 0.597. The second-order valence-electron chi connectivity index (χ2n) is 3.77. The van der Waals surface area contributed by atoms with Crippen LogP contribution in [0.1, 0.15) is 5.69 Å². The number of hydrogen-bond acceptors (Lipinski definition) is 6. The molecular weight excluding hydrogens is 274 g/mol. The Kier molecular flexibility index (Phi) is 3.69. The minimum absolute atomic E-state index is 0.0633. The van der Waals surface area contributed by atoms with Gasteiger partial charge in [0, 0.05) is 11.6 Å². The van der Waals surface area contributed by atoms with Crippen LogP contribution >= 0.6 is 11.5 Å². The third kappa shape index (κ3) is 3.56. The van der Waals surface area contributed by atoms with Crippen LogP contribution in [0.5, 0.6) is 0 Å². The van der Waals surface area contributed by atoms with Crippen LogP contribution in [0.2, 0.25) is 0 Å². The van der Waals surface area contributed by atoms with Crippen LogP contribution in [0.25, 0.3) is 10.4 Å². The molecule has 0 aromatic carbocycles. The Morgan fingerprint density at radius 3 is 2.78 bits per heavy atom. The normalized spacial score (nSPS) is 11.7. The third-order valence-corrected chi connectivity index (χ3v) is 3.87. The van der Waals surface area contributed by atoms with Crippen molar-refractivity contribution in [3.63, 3.8) is 0 Å². The van der Waals surface area contributed by atoms with E-state index in [0.29, 0.717) is 0 Å². The van der Waals surface area contributed by atoms with E-state index in [1.54, 1.807) is 12.4 Å². The van der Waals surface area contributed by atoms with Crippen LogP contribution in [0.4, 0.5) is 0 Å². The summed E-state index contributed by atoms with van der Waals surface area (Å²) in [7, 11) is -4.20. The maximum atomic E-state index is 10.5. The van der Waals surface area contributed by atoms with Gasteiger partial charge >= 0.3 is 0 Å². The van der Waals surface area contributed by atoms with Gasteiger partial charge in [-0.25, -0.2) is 8.42 Å². The van der Waals surface area contributed by atoms with Crippen molar-refractivity contribution in [3.8, 4) is 10.4 Å². The predicted molar refractivity (Wildman–Crippen MR) is 64.8 cm³/mol. The molecule has 0 spiro atoms. The summed E-state index contributed by atoms with van der Waals surface area (Å²) in [4.78, 5) is 1.00. The van der Waals surface area contributed by atoms with Crippen molar-refractivity contribution in [2.24, 2.45) is 0 Å². The predicted octanol–water partition coefficient (Wildman–Crippen LogP) is 0.346. The highest BCUT2D eigenvalue weighted by atomic mass is 32.2. The second-order valence-corrected chi connectivity index (χ2v) is 6.10. The first-order valence-corrected chi connectivity index (χ1v) is 7.52. The van der Waals surface area contributed by atoms with Crippen molar-refractivity contribution < 1.29 is 17.7 Å². The van der Waals surface area contributed by atoms with E-state index in [-0.39, 0.29) is 6.54 Å². The number of hydrogen-bond donors (Lipinski definition) is 0. The Bertz CT molecular complexity index is 635. The molecule has 18 heavy (non-hydrogen) atoms. The lowest BCUT2D eigenvalue weighted by atomic mass is 10.2. The molecule has 6 nitrogen and oxygen atoms in total. The molecule has 0 amide bonds. The van der Waals surface area contributed by atoms with Crippen molar-refractivity contribution in [2.45, 2.75) is 13.5 Å². The van der Waals surface area contributed by atoms with Crippen molar-refractivity contribution >= 4 is 21.7 Å². The summed E-state index contributed by atoms with van der Waals surface area (Å²) >= 11 is 1.38. The molecule has 2 aromatic rings. The molecule has 0 saturated heterocycles. The van der Waals surface area contributed by atoms with Gasteiger partial charge in [0.25, 0.3) is 0 Å². The van der Waals surface area contributed by atoms with Gasteiger partial charge in [0.2, 0.25) is 0 Å². The molecule has 2 rings (SSSR count). The Morgan fingerprint density at radius 1 is 1.50 bits per heavy atom. The summed E-state index contributed by atoms with van der Waals surface area (Å²) < 4.78 is 37.1. The maximum Gasteiger partial charge on any atom is 0.197 e. The summed E-state index contributed by atoms with van der Waals surface area (Å²) in [5.74, 6) is -0.455. The zero-order chi connectivity index (χ0) is 13.2. The summed E-state index contributed by atoms with van der Waals surface area (Å²) in [6, 6.07) is 3.77. The summed E-state index contributed by atoms with van der Waals surface area (Å²) in [6.07, 6.45) is 3.28. The van der Waals surface area contributed by atoms with Gasteiger partial charge in [-0.05, 0) is 29.6 Å². The van der Waals surface area contributed by atoms with Crippen molar-refractivity contribution in [3.05, 3.63) is 30.2 Å². The van der Waals surface area contributed by atoms with E-state index in [4.69, 9.17) is 0 Å². The molecule has 2 heterocycles. The van der Waals surface area contributed by atoms with E-state index in [1.807, 2.05) is 19.1 Å². The third-order valence-electron chi connectivity index (χ3n) is 2.25. The van der Waals surface area contributed by atoms with Gasteiger partial charge in [-0.3, -0.25) is 0 Å². The Balaban J connectivity index is 2.10. The van der Waals surface area contributed by atoms with Gasteiger partial charge in [0.1, 0.15) is 16.3 Å². The molecule has 8 heteroatoms. The molecule has 96 valence electrons. The lowest BCUT2D eigenvalue weighted by Gasteiger charge is -2.02. The monoisotopic (exact) mass is 285 g/mol. The van der Waals surface area contributed by atoms with Crippen molar-refractivity contribution in [1.29, 1.82) is 0 Å². The van der Waals surface area contributed by atoms with Crippen molar-refractivity contribution in [2.75, 3.05) is 5.75 Å². The average Bonchev–Trinajstić information content (AvgIpc) is 2.73. The zero-order valence-electron chi connectivity index (χ0n) is 9.61. The van der Waals surface area contributed by atoms with Crippen LogP contribution in [0.15, 0.2) is 24.5 Å². The van der Waals surface area contributed by atoms with Crippen LogP contribution in [-0.4, -0.2) is 28.2 Å². The molecule has 0 N–H and O–H groups in total. The zero-order valence-corrected chi connectivity index (χ0v) is 11.2. The topological polar surface area (TPSA) is 86.9 Å². The van der Waals surface area contributed by atoms with Crippen LogP contribution in [0.3, 0.4) is 0 Å². The fraction of sp³-hybridized carbons (Fsp3) is 0.300. The van der Waals surface area contributed by atoms with Gasteiger partial charge in [0.05, 0.1) is 16.3 Å². The van der Waals surface area contributed by atoms with Gasteiger partial charge in [0.15, 0.2) is 12.7 Å². The summed E-state index contributed by atoms with van der Waals surface area (Å²) in [6.45, 7) is 1.98. The second kappa shape index (κ2) is 5.09. The van der Waals surface area contributed by atoms with E-state index in [0.717, 1.165) is 16.1 Å². The highest BCUT2D eigenvalue weighted by molar-refractivity contribution is 7.85. The standard InChI is InChI=1S/C10H11N3O3S2/c1-8-6-10(17-12-8)9-2-3-13(11-7-9)4-5-18(14,15)16/h2-3,6-7H,4-5H2,1H3. The number of aryl methyl sites for hydroxylation is 2. The van der Waals surface area contributed by atoms with E-state index < -0.39 is 15.9 Å². The average molecular weight is 285 g/mol. The summed E-state index contributed by atoms with van der Waals surface area (Å²) in [5, 5.41) is 4.06. The lowest BCUT2D eigenvalue weighted by molar-refractivity contribution is -0.750. The molecule has 0 aliphatic rings. The van der Waals surface area contributed by atoms with Gasteiger partial charge < -0.3 is 4.55 Å². The Morgan fingerprint density at radius 2 is 2.28 bits per heavy atom. The number of aromatic nitrogens is 3.